The fourth-order valence-corrected chi connectivity index (χ4v) is 6.10. The van der Waals surface area contributed by atoms with Crippen molar-refractivity contribution in [2.75, 3.05) is 0 Å². The third-order valence-electron chi connectivity index (χ3n) is 5.02. The lowest BCUT2D eigenvalue weighted by Crippen LogP contribution is -2.65. The van der Waals surface area contributed by atoms with E-state index in [1.807, 2.05) is 13.0 Å². The van der Waals surface area contributed by atoms with Crippen molar-refractivity contribution in [3.8, 4) is 0 Å². The zero-order chi connectivity index (χ0) is 14.2. The van der Waals surface area contributed by atoms with Gasteiger partial charge in [0.2, 0.25) is 0 Å². The molecule has 0 aromatic heterocycles. The number of hydrogen-bond donors (Lipinski definition) is 1. The summed E-state index contributed by atoms with van der Waals surface area (Å²) in [6.45, 7) is 17.4. The van der Waals surface area contributed by atoms with E-state index in [0.29, 0.717) is 0 Å². The quantitative estimate of drug-likeness (QED) is 0.434. The van der Waals surface area contributed by atoms with Gasteiger partial charge in [0.1, 0.15) is 13.3 Å². The molecule has 0 aromatic carbocycles. The third kappa shape index (κ3) is 2.13. The van der Waals surface area contributed by atoms with Gasteiger partial charge in [-0.25, -0.2) is 0 Å². The van der Waals surface area contributed by atoms with Gasteiger partial charge in [0.25, 0.3) is 5.95 Å². The minimum atomic E-state index is -1.70. The lowest BCUT2D eigenvalue weighted by Gasteiger charge is -2.56. The molecule has 0 aromatic rings. The summed E-state index contributed by atoms with van der Waals surface area (Å²) < 4.78 is 5.84. The molecule has 104 valence electrons. The molecule has 0 fully saturated rings. The van der Waals surface area contributed by atoms with Crippen LogP contribution in [0.4, 0.5) is 0 Å². The van der Waals surface area contributed by atoms with Gasteiger partial charge in [-0.05, 0) is 31.2 Å². The first kappa shape index (κ1) is 15.4. The summed E-state index contributed by atoms with van der Waals surface area (Å²) in [4.78, 5) is 0. The Kier molecular flexibility index (Phi) is 4.06. The molecule has 1 heterocycles. The predicted octanol–water partition coefficient (Wildman–Crippen LogP) is 4.95. The molecule has 1 aliphatic rings. The molecule has 1 N–H and O–H groups in total. The molecule has 0 amide bonds. The van der Waals surface area contributed by atoms with Crippen LogP contribution in [0.25, 0.3) is 0 Å². The number of hydrogen-bond acceptors (Lipinski definition) is 2. The minimum Gasteiger partial charge on any atom is -0.481 e. The van der Waals surface area contributed by atoms with E-state index in [2.05, 4.69) is 40.4 Å². The number of unbranched alkanes of at least 4 members (excludes halogenated alkanes) is 1. The highest BCUT2D eigenvalue weighted by molar-refractivity contribution is 6.83. The van der Waals surface area contributed by atoms with E-state index in [0.717, 1.165) is 24.8 Å². The molecule has 0 aliphatic carbocycles. The average molecular weight is 268 g/mol. The maximum absolute atomic E-state index is 9.70. The Morgan fingerprint density at radius 2 is 1.94 bits per heavy atom. The van der Waals surface area contributed by atoms with Crippen molar-refractivity contribution >= 4 is 8.07 Å². The van der Waals surface area contributed by atoms with Crippen LogP contribution in [0.2, 0.25) is 18.1 Å². The normalized spacial score (nSPS) is 24.6. The largest absolute Gasteiger partial charge is 0.481 e. The van der Waals surface area contributed by atoms with Gasteiger partial charge in [0, 0.05) is 5.57 Å². The van der Waals surface area contributed by atoms with E-state index in [1.54, 1.807) is 0 Å². The Balaban J connectivity index is 3.05. The highest BCUT2D eigenvalue weighted by Gasteiger charge is 2.61. The fraction of sp³-hybridized carbons (Fsp3) is 0.733. The van der Waals surface area contributed by atoms with Crippen LogP contribution in [0.5, 0.6) is 0 Å². The Hall–Kier alpha value is -0.703. The van der Waals surface area contributed by atoms with Gasteiger partial charge in [0.15, 0.2) is 0 Å². The van der Waals surface area contributed by atoms with Gasteiger partial charge >= 0.3 is 0 Å². The number of aliphatic hydroxyl groups is 1. The van der Waals surface area contributed by atoms with Crippen molar-refractivity contribution < 1.29 is 9.84 Å². The third-order valence-corrected chi connectivity index (χ3v) is 11.5. The molecule has 3 heteroatoms. The topological polar surface area (TPSA) is 29.5 Å². The zero-order valence-corrected chi connectivity index (χ0v) is 13.8. The number of allylic oxidation sites excluding steroid dienone is 1. The van der Waals surface area contributed by atoms with Crippen LogP contribution >= 0.6 is 0 Å². The van der Waals surface area contributed by atoms with Gasteiger partial charge < -0.3 is 9.84 Å². The highest BCUT2D eigenvalue weighted by Crippen LogP contribution is 2.54. The van der Waals surface area contributed by atoms with Crippen LogP contribution in [-0.2, 0) is 4.74 Å². The van der Waals surface area contributed by atoms with Crippen LogP contribution in [0.1, 0.15) is 47.0 Å². The van der Waals surface area contributed by atoms with Gasteiger partial charge in [-0.3, -0.25) is 0 Å². The maximum atomic E-state index is 9.70. The molecule has 0 saturated carbocycles. The van der Waals surface area contributed by atoms with Crippen molar-refractivity contribution in [1.82, 2.24) is 0 Å². The summed E-state index contributed by atoms with van der Waals surface area (Å²) in [6, 6.07) is 0. The molecule has 1 unspecified atom stereocenters. The molecule has 1 atom stereocenters. The van der Waals surface area contributed by atoms with Crippen molar-refractivity contribution in [2.45, 2.75) is 70.3 Å². The molecule has 1 rings (SSSR count). The zero-order valence-electron chi connectivity index (χ0n) is 12.8. The second kappa shape index (κ2) is 4.76. The molecule has 18 heavy (non-hydrogen) atoms. The summed E-state index contributed by atoms with van der Waals surface area (Å²) in [5.41, 5.74) is 1.05. The SMILES string of the molecule is C=CCCCC1([Si](C)(C)C(C)(C)C)OC(O)=C1C. The van der Waals surface area contributed by atoms with Gasteiger partial charge in [0.05, 0.1) is 0 Å². The lowest BCUT2D eigenvalue weighted by atomic mass is 10.0. The fourth-order valence-electron chi connectivity index (χ4n) is 2.69. The van der Waals surface area contributed by atoms with Gasteiger partial charge in [-0.1, -0.05) is 39.9 Å². The molecule has 0 bridgehead atoms. The Morgan fingerprint density at radius 3 is 2.28 bits per heavy atom. The Bertz CT molecular complexity index is 363. The number of rotatable bonds is 5. The van der Waals surface area contributed by atoms with Crippen LogP contribution < -0.4 is 0 Å². The Labute approximate surface area is 113 Å². The second-order valence-electron chi connectivity index (χ2n) is 6.92. The molecule has 0 radical (unpaired) electrons. The smallest absolute Gasteiger partial charge is 0.279 e. The van der Waals surface area contributed by atoms with Crippen molar-refractivity contribution in [3.05, 3.63) is 24.2 Å². The first-order valence-electron chi connectivity index (χ1n) is 6.80. The van der Waals surface area contributed by atoms with Crippen LogP contribution in [0, 0.1) is 0 Å². The Morgan fingerprint density at radius 1 is 1.39 bits per heavy atom. The summed E-state index contributed by atoms with van der Waals surface area (Å²) >= 11 is 0. The predicted molar refractivity (Wildman–Crippen MR) is 80.4 cm³/mol. The van der Waals surface area contributed by atoms with Gasteiger partial charge in [-0.15, -0.1) is 6.58 Å². The summed E-state index contributed by atoms with van der Waals surface area (Å²) in [5, 5.41) is 9.74. The van der Waals surface area contributed by atoms with Crippen molar-refractivity contribution in [1.29, 1.82) is 0 Å². The summed E-state index contributed by atoms with van der Waals surface area (Å²) in [7, 11) is -1.70. The second-order valence-corrected chi connectivity index (χ2v) is 12.5. The molecule has 0 spiro atoms. The maximum Gasteiger partial charge on any atom is 0.279 e. The molecular formula is C15H28O2Si. The minimum absolute atomic E-state index is 0.151. The van der Waals surface area contributed by atoms with E-state index in [9.17, 15) is 5.11 Å². The van der Waals surface area contributed by atoms with Crippen LogP contribution in [0.3, 0.4) is 0 Å². The first-order chi connectivity index (χ1) is 8.10. The highest BCUT2D eigenvalue weighted by atomic mass is 28.3. The van der Waals surface area contributed by atoms with Crippen LogP contribution in [-0.4, -0.2) is 18.4 Å². The van der Waals surface area contributed by atoms with E-state index < -0.39 is 8.07 Å². The lowest BCUT2D eigenvalue weighted by molar-refractivity contribution is -0.0496. The van der Waals surface area contributed by atoms with Crippen LogP contribution in [0.15, 0.2) is 24.2 Å². The van der Waals surface area contributed by atoms with Crippen molar-refractivity contribution in [2.24, 2.45) is 0 Å². The van der Waals surface area contributed by atoms with E-state index >= 15 is 0 Å². The van der Waals surface area contributed by atoms with Crippen molar-refractivity contribution in [3.63, 3.8) is 0 Å². The number of aliphatic hydroxyl groups excluding tert-OH is 1. The molecule has 2 nitrogen and oxygen atoms in total. The summed E-state index contributed by atoms with van der Waals surface area (Å²) in [6.07, 6.45) is 5.02. The standard InChI is InChI=1S/C15H28O2Si/c1-8-9-10-11-15(12(2)13(16)17-15)18(6,7)14(3,4)5/h8,16H,1,9-11H2,2-7H3. The van der Waals surface area contributed by atoms with E-state index in [-0.39, 0.29) is 16.2 Å². The summed E-state index contributed by atoms with van der Waals surface area (Å²) in [5.74, 6) is 0.151. The first-order valence-corrected chi connectivity index (χ1v) is 9.80. The van der Waals surface area contributed by atoms with Gasteiger partial charge in [-0.2, -0.15) is 0 Å². The molecular weight excluding hydrogens is 240 g/mol. The molecule has 1 aliphatic heterocycles. The number of ether oxygens (including phenoxy) is 1. The monoisotopic (exact) mass is 268 g/mol. The molecule has 0 saturated heterocycles. The van der Waals surface area contributed by atoms with E-state index in [1.165, 1.54) is 0 Å². The van der Waals surface area contributed by atoms with E-state index in [4.69, 9.17) is 4.74 Å². The average Bonchev–Trinajstić information content (AvgIpc) is 2.25.